The van der Waals surface area contributed by atoms with E-state index in [-0.39, 0.29) is 0 Å². The van der Waals surface area contributed by atoms with Crippen molar-refractivity contribution in [1.29, 1.82) is 0 Å². The van der Waals surface area contributed by atoms with E-state index < -0.39 is 0 Å². The van der Waals surface area contributed by atoms with Gasteiger partial charge in [0.25, 0.3) is 0 Å². The summed E-state index contributed by atoms with van der Waals surface area (Å²) in [5.74, 6) is 1.62. The van der Waals surface area contributed by atoms with Gasteiger partial charge in [-0.2, -0.15) is 0 Å². The molecule has 0 heterocycles. The zero-order valence-electron chi connectivity index (χ0n) is 11.4. The Labute approximate surface area is 125 Å². The van der Waals surface area contributed by atoms with E-state index in [9.17, 15) is 0 Å². The minimum Gasteiger partial charge on any atom is -0.489 e. The van der Waals surface area contributed by atoms with Crippen LogP contribution in [0.15, 0.2) is 48.5 Å². The molecular weight excluding hydrogens is 268 g/mol. The van der Waals surface area contributed by atoms with E-state index in [1.165, 1.54) is 24.8 Å². The topological polar surface area (TPSA) is 9.23 Å². The van der Waals surface area contributed by atoms with Crippen molar-refractivity contribution in [2.45, 2.75) is 31.8 Å². The molecule has 0 saturated heterocycles. The van der Waals surface area contributed by atoms with Gasteiger partial charge in [-0.05, 0) is 67.0 Å². The minimum atomic E-state index is 0.553. The van der Waals surface area contributed by atoms with Crippen molar-refractivity contribution in [1.82, 2.24) is 0 Å². The molecule has 3 rings (SSSR count). The van der Waals surface area contributed by atoms with E-state index in [1.54, 1.807) is 0 Å². The first kappa shape index (κ1) is 13.5. The number of halogens is 1. The van der Waals surface area contributed by atoms with Gasteiger partial charge in [0, 0.05) is 5.02 Å². The Bertz CT molecular complexity index is 556. The lowest BCUT2D eigenvalue weighted by molar-refractivity contribution is 0.306. The van der Waals surface area contributed by atoms with Gasteiger partial charge in [0.15, 0.2) is 0 Å². The second kappa shape index (κ2) is 6.32. The van der Waals surface area contributed by atoms with Gasteiger partial charge < -0.3 is 4.74 Å². The summed E-state index contributed by atoms with van der Waals surface area (Å²) in [6.45, 7) is 0.553. The van der Waals surface area contributed by atoms with Crippen LogP contribution in [0.1, 0.15) is 36.3 Å². The molecule has 1 radical (unpaired) electrons. The Morgan fingerprint density at radius 2 is 1.95 bits per heavy atom. The molecule has 2 aromatic rings. The Hall–Kier alpha value is -1.47. The Kier molecular flexibility index (Phi) is 4.27. The van der Waals surface area contributed by atoms with Crippen molar-refractivity contribution in [2.75, 3.05) is 0 Å². The molecule has 2 heteroatoms. The molecule has 1 nitrogen and oxygen atoms in total. The lowest BCUT2D eigenvalue weighted by Crippen LogP contribution is -1.96. The molecule has 1 saturated carbocycles. The molecule has 20 heavy (non-hydrogen) atoms. The number of hydrogen-bond donors (Lipinski definition) is 0. The molecule has 1 aliphatic rings. The van der Waals surface area contributed by atoms with Crippen LogP contribution in [0.2, 0.25) is 5.02 Å². The monoisotopic (exact) mass is 285 g/mol. The summed E-state index contributed by atoms with van der Waals surface area (Å²) in [6.07, 6.45) is 6.12. The minimum absolute atomic E-state index is 0.553. The highest BCUT2D eigenvalue weighted by Gasteiger charge is 2.16. The molecule has 103 valence electrons. The van der Waals surface area contributed by atoms with E-state index in [0.29, 0.717) is 12.5 Å². The molecule has 0 aliphatic heterocycles. The van der Waals surface area contributed by atoms with Crippen molar-refractivity contribution < 1.29 is 4.74 Å². The van der Waals surface area contributed by atoms with Gasteiger partial charge in [-0.3, -0.25) is 0 Å². The van der Waals surface area contributed by atoms with Crippen LogP contribution >= 0.6 is 11.6 Å². The SMILES string of the molecule is Clc1cccc(COc2ccc(C3C[CH]CC3)cc2)c1. The summed E-state index contributed by atoms with van der Waals surface area (Å²) in [7, 11) is 0. The van der Waals surface area contributed by atoms with Crippen LogP contribution in [-0.4, -0.2) is 0 Å². The molecule has 0 spiro atoms. The Morgan fingerprint density at radius 1 is 1.10 bits per heavy atom. The Balaban J connectivity index is 1.60. The fourth-order valence-corrected chi connectivity index (χ4v) is 2.90. The van der Waals surface area contributed by atoms with Gasteiger partial charge in [-0.15, -0.1) is 0 Å². The highest BCUT2D eigenvalue weighted by molar-refractivity contribution is 6.30. The number of rotatable bonds is 4. The average Bonchev–Trinajstić information content (AvgIpc) is 3.00. The number of ether oxygens (including phenoxy) is 1. The van der Waals surface area contributed by atoms with Crippen molar-refractivity contribution in [3.05, 3.63) is 71.1 Å². The maximum atomic E-state index is 5.96. The summed E-state index contributed by atoms with van der Waals surface area (Å²) in [5, 5.41) is 0.749. The van der Waals surface area contributed by atoms with Crippen molar-refractivity contribution in [3.63, 3.8) is 0 Å². The van der Waals surface area contributed by atoms with Crippen molar-refractivity contribution in [3.8, 4) is 5.75 Å². The highest BCUT2D eigenvalue weighted by atomic mass is 35.5. The average molecular weight is 286 g/mol. The van der Waals surface area contributed by atoms with Gasteiger partial charge in [0.1, 0.15) is 12.4 Å². The van der Waals surface area contributed by atoms with Gasteiger partial charge in [0.05, 0.1) is 0 Å². The van der Waals surface area contributed by atoms with Gasteiger partial charge in [-0.1, -0.05) is 35.9 Å². The van der Waals surface area contributed by atoms with E-state index in [2.05, 4.69) is 30.7 Å². The molecule has 1 aliphatic carbocycles. The quantitative estimate of drug-likeness (QED) is 0.732. The summed E-state index contributed by atoms with van der Waals surface area (Å²) in [5.41, 5.74) is 2.51. The second-order valence-corrected chi connectivity index (χ2v) is 5.72. The van der Waals surface area contributed by atoms with Crippen molar-refractivity contribution in [2.24, 2.45) is 0 Å². The van der Waals surface area contributed by atoms with Crippen LogP contribution in [0.25, 0.3) is 0 Å². The molecule has 0 N–H and O–H groups in total. The molecule has 1 atom stereocenters. The highest BCUT2D eigenvalue weighted by Crippen LogP contribution is 2.34. The molecule has 0 aromatic heterocycles. The lowest BCUT2D eigenvalue weighted by Gasteiger charge is -2.11. The fourth-order valence-electron chi connectivity index (χ4n) is 2.69. The summed E-state index contributed by atoms with van der Waals surface area (Å²) < 4.78 is 5.80. The molecule has 0 bridgehead atoms. The Morgan fingerprint density at radius 3 is 2.65 bits per heavy atom. The molecule has 0 amide bonds. The maximum Gasteiger partial charge on any atom is 0.119 e. The number of benzene rings is 2. The molecular formula is C18H18ClO. The van der Waals surface area contributed by atoms with Crippen LogP contribution in [0, 0.1) is 6.42 Å². The van der Waals surface area contributed by atoms with Crippen LogP contribution in [0.5, 0.6) is 5.75 Å². The van der Waals surface area contributed by atoms with E-state index in [0.717, 1.165) is 16.3 Å². The van der Waals surface area contributed by atoms with Gasteiger partial charge in [0.2, 0.25) is 0 Å². The summed E-state index contributed by atoms with van der Waals surface area (Å²) in [6, 6.07) is 16.3. The molecule has 2 aromatic carbocycles. The first-order valence-electron chi connectivity index (χ1n) is 7.10. The van der Waals surface area contributed by atoms with Gasteiger partial charge >= 0.3 is 0 Å². The predicted molar refractivity (Wildman–Crippen MR) is 83.1 cm³/mol. The second-order valence-electron chi connectivity index (χ2n) is 5.29. The normalized spacial score (nSPS) is 15.4. The van der Waals surface area contributed by atoms with E-state index >= 15 is 0 Å². The predicted octanol–water partition coefficient (Wildman–Crippen LogP) is 5.39. The lowest BCUT2D eigenvalue weighted by atomic mass is 9.98. The molecule has 1 unspecified atom stereocenters. The first-order valence-corrected chi connectivity index (χ1v) is 7.48. The summed E-state index contributed by atoms with van der Waals surface area (Å²) in [4.78, 5) is 0. The van der Waals surface area contributed by atoms with E-state index in [1.807, 2.05) is 24.3 Å². The fraction of sp³-hybridized carbons (Fsp3) is 0.278. The zero-order valence-corrected chi connectivity index (χ0v) is 12.1. The maximum absolute atomic E-state index is 5.96. The van der Waals surface area contributed by atoms with Crippen LogP contribution in [0.4, 0.5) is 0 Å². The van der Waals surface area contributed by atoms with Gasteiger partial charge in [-0.25, -0.2) is 0 Å². The van der Waals surface area contributed by atoms with Crippen LogP contribution in [-0.2, 0) is 6.61 Å². The van der Waals surface area contributed by atoms with E-state index in [4.69, 9.17) is 16.3 Å². The third-order valence-corrected chi connectivity index (χ3v) is 4.05. The van der Waals surface area contributed by atoms with Crippen LogP contribution in [0.3, 0.4) is 0 Å². The van der Waals surface area contributed by atoms with Crippen LogP contribution < -0.4 is 4.74 Å². The van der Waals surface area contributed by atoms with Crippen molar-refractivity contribution >= 4 is 11.6 Å². The standard InChI is InChI=1S/C18H18ClO/c19-17-7-3-4-14(12-17)13-20-18-10-8-16(9-11-18)15-5-1-2-6-15/h1,3-4,7-12,15H,2,5-6,13H2. The smallest absolute Gasteiger partial charge is 0.119 e. The summed E-state index contributed by atoms with van der Waals surface area (Å²) >= 11 is 5.96. The zero-order chi connectivity index (χ0) is 13.8. The largest absolute Gasteiger partial charge is 0.489 e. The molecule has 1 fully saturated rings. The third-order valence-electron chi connectivity index (χ3n) is 3.82. The first-order chi connectivity index (χ1) is 9.81. The number of hydrogen-bond acceptors (Lipinski definition) is 1. The third kappa shape index (κ3) is 3.34.